The first-order valence-electron chi connectivity index (χ1n) is 6.52. The first-order valence-corrected chi connectivity index (χ1v) is 6.89. The minimum absolute atomic E-state index is 0.381. The number of hydrogen-bond acceptors (Lipinski definition) is 5. The molecule has 0 radical (unpaired) electrons. The third kappa shape index (κ3) is 4.34. The van der Waals surface area contributed by atoms with Crippen molar-refractivity contribution >= 4 is 29.2 Å². The Morgan fingerprint density at radius 3 is 2.95 bits per heavy atom. The van der Waals surface area contributed by atoms with Gasteiger partial charge in [0, 0.05) is 11.6 Å². The zero-order valence-corrected chi connectivity index (χ0v) is 12.3. The van der Waals surface area contributed by atoms with Crippen molar-refractivity contribution in [1.29, 1.82) is 0 Å². The zero-order valence-electron chi connectivity index (χ0n) is 11.6. The maximum Gasteiger partial charge on any atom is 0.335 e. The Hall–Kier alpha value is -1.79. The molecule has 114 valence electrons. The molecule has 0 aromatic heterocycles. The van der Waals surface area contributed by atoms with Crippen molar-refractivity contribution in [2.24, 2.45) is 0 Å². The average Bonchev–Trinajstić information content (AvgIpc) is 2.99. The highest BCUT2D eigenvalue weighted by molar-refractivity contribution is 6.31. The van der Waals surface area contributed by atoms with Crippen LogP contribution >= 0.6 is 11.6 Å². The number of halogens is 1. The van der Waals surface area contributed by atoms with Gasteiger partial charge in [0.2, 0.25) is 0 Å². The number of benzene rings is 1. The van der Waals surface area contributed by atoms with Crippen LogP contribution in [0.15, 0.2) is 18.2 Å². The van der Waals surface area contributed by atoms with Crippen molar-refractivity contribution < 1.29 is 23.8 Å². The van der Waals surface area contributed by atoms with Gasteiger partial charge in [-0.05, 0) is 31.0 Å². The third-order valence-electron chi connectivity index (χ3n) is 2.97. The van der Waals surface area contributed by atoms with E-state index in [1.165, 1.54) is 7.11 Å². The molecule has 2 rings (SSSR count). The van der Waals surface area contributed by atoms with Crippen molar-refractivity contribution in [3.63, 3.8) is 0 Å². The first-order chi connectivity index (χ1) is 10.1. The summed E-state index contributed by atoms with van der Waals surface area (Å²) < 4.78 is 15.2. The number of ether oxygens (including phenoxy) is 3. The molecule has 6 nitrogen and oxygen atoms in total. The quantitative estimate of drug-likeness (QED) is 0.842. The summed E-state index contributed by atoms with van der Waals surface area (Å²) in [6.45, 7) is 0.167. The minimum Gasteiger partial charge on any atom is -0.495 e. The predicted molar refractivity (Wildman–Crippen MR) is 76.6 cm³/mol. The lowest BCUT2D eigenvalue weighted by Crippen LogP contribution is -2.27. The van der Waals surface area contributed by atoms with Crippen LogP contribution in [-0.2, 0) is 19.1 Å². The second-order valence-electron chi connectivity index (χ2n) is 4.50. The predicted octanol–water partition coefficient (Wildman–Crippen LogP) is 2.01. The maximum absolute atomic E-state index is 11.8. The average molecular weight is 314 g/mol. The molecule has 7 heteroatoms. The largest absolute Gasteiger partial charge is 0.495 e. The van der Waals surface area contributed by atoms with Crippen LogP contribution in [0.2, 0.25) is 5.02 Å². The minimum atomic E-state index is -0.557. The second kappa shape index (κ2) is 7.28. The van der Waals surface area contributed by atoms with Crippen molar-refractivity contribution in [2.45, 2.75) is 18.9 Å². The van der Waals surface area contributed by atoms with E-state index in [0.29, 0.717) is 29.5 Å². The van der Waals surface area contributed by atoms with Gasteiger partial charge in [0.1, 0.15) is 5.75 Å². The summed E-state index contributed by atoms with van der Waals surface area (Å²) in [6.07, 6.45) is 0.896. The van der Waals surface area contributed by atoms with Crippen LogP contribution in [-0.4, -0.2) is 38.3 Å². The molecule has 1 aliphatic rings. The molecular formula is C14H16ClNO5. The van der Waals surface area contributed by atoms with Gasteiger partial charge in [0.15, 0.2) is 12.7 Å². The molecule has 1 saturated heterocycles. The van der Waals surface area contributed by atoms with Gasteiger partial charge in [-0.15, -0.1) is 0 Å². The van der Waals surface area contributed by atoms with E-state index in [4.69, 9.17) is 25.8 Å². The van der Waals surface area contributed by atoms with Gasteiger partial charge in [-0.1, -0.05) is 11.6 Å². The number of nitrogens with one attached hydrogen (secondary N) is 1. The van der Waals surface area contributed by atoms with E-state index in [2.05, 4.69) is 5.32 Å². The monoisotopic (exact) mass is 313 g/mol. The first kappa shape index (κ1) is 15.6. The third-order valence-corrected chi connectivity index (χ3v) is 3.21. The summed E-state index contributed by atoms with van der Waals surface area (Å²) in [4.78, 5) is 23.4. The molecule has 1 N–H and O–H groups in total. The van der Waals surface area contributed by atoms with Crippen LogP contribution in [0.25, 0.3) is 0 Å². The molecule has 1 aromatic carbocycles. The smallest absolute Gasteiger partial charge is 0.335 e. The highest BCUT2D eigenvalue weighted by Gasteiger charge is 2.25. The van der Waals surface area contributed by atoms with Gasteiger partial charge in [-0.2, -0.15) is 0 Å². The molecule has 1 atom stereocenters. The van der Waals surface area contributed by atoms with Gasteiger partial charge >= 0.3 is 5.97 Å². The summed E-state index contributed by atoms with van der Waals surface area (Å²) in [5.41, 5.74) is 0.420. The molecule has 21 heavy (non-hydrogen) atoms. The van der Waals surface area contributed by atoms with E-state index >= 15 is 0 Å². The van der Waals surface area contributed by atoms with Gasteiger partial charge in [-0.3, -0.25) is 4.79 Å². The Balaban J connectivity index is 1.86. The summed E-state index contributed by atoms with van der Waals surface area (Å²) in [5.74, 6) is -0.513. The molecule has 1 heterocycles. The number of amides is 1. The Labute approximate surface area is 127 Å². The van der Waals surface area contributed by atoms with Gasteiger partial charge < -0.3 is 19.5 Å². The van der Waals surface area contributed by atoms with E-state index in [0.717, 1.165) is 6.42 Å². The van der Waals surface area contributed by atoms with Crippen molar-refractivity contribution in [3.8, 4) is 5.75 Å². The number of hydrogen-bond donors (Lipinski definition) is 1. The normalized spacial score (nSPS) is 17.3. The highest BCUT2D eigenvalue weighted by atomic mass is 35.5. The van der Waals surface area contributed by atoms with E-state index in [1.54, 1.807) is 18.2 Å². The van der Waals surface area contributed by atoms with Crippen LogP contribution < -0.4 is 10.1 Å². The second-order valence-corrected chi connectivity index (χ2v) is 4.94. The van der Waals surface area contributed by atoms with E-state index in [1.807, 2.05) is 0 Å². The summed E-state index contributed by atoms with van der Waals surface area (Å²) in [7, 11) is 1.48. The molecule has 0 saturated carbocycles. The fraction of sp³-hybridized carbons (Fsp3) is 0.429. The lowest BCUT2D eigenvalue weighted by Gasteiger charge is -2.12. The van der Waals surface area contributed by atoms with Gasteiger partial charge in [0.25, 0.3) is 5.91 Å². The summed E-state index contributed by atoms with van der Waals surface area (Å²) in [6, 6.07) is 4.84. The standard InChI is InChI=1S/C14H16ClNO5/c1-19-11-5-4-9(15)7-10(11)16-13(17)8-21-14(18)12-3-2-6-20-12/h4-5,7,12H,2-3,6,8H2,1H3,(H,16,17)/t12-/m1/s1. The number of carbonyl (C=O) groups excluding carboxylic acids is 2. The Bertz CT molecular complexity index is 528. The number of rotatable bonds is 5. The van der Waals surface area contributed by atoms with E-state index in [-0.39, 0.29) is 6.61 Å². The van der Waals surface area contributed by atoms with Crippen molar-refractivity contribution in [1.82, 2.24) is 0 Å². The van der Waals surface area contributed by atoms with Crippen LogP contribution in [0.5, 0.6) is 5.75 Å². The SMILES string of the molecule is COc1ccc(Cl)cc1NC(=O)COC(=O)[C@H]1CCCO1. The Kier molecular flexibility index (Phi) is 5.41. The maximum atomic E-state index is 11.8. The Morgan fingerprint density at radius 1 is 1.48 bits per heavy atom. The lowest BCUT2D eigenvalue weighted by molar-refractivity contribution is -0.156. The molecule has 1 amide bonds. The van der Waals surface area contributed by atoms with Crippen molar-refractivity contribution in [2.75, 3.05) is 25.6 Å². The number of carbonyl (C=O) groups is 2. The highest BCUT2D eigenvalue weighted by Crippen LogP contribution is 2.27. The van der Waals surface area contributed by atoms with Crippen LogP contribution in [0.3, 0.4) is 0 Å². The van der Waals surface area contributed by atoms with Crippen LogP contribution in [0, 0.1) is 0 Å². The fourth-order valence-electron chi connectivity index (χ4n) is 1.96. The summed E-state index contributed by atoms with van der Waals surface area (Å²) >= 11 is 5.86. The number of anilines is 1. The molecule has 1 aliphatic heterocycles. The molecule has 0 spiro atoms. The molecule has 1 fully saturated rings. The molecular weight excluding hydrogens is 298 g/mol. The van der Waals surface area contributed by atoms with E-state index < -0.39 is 18.0 Å². The van der Waals surface area contributed by atoms with Gasteiger partial charge in [0.05, 0.1) is 12.8 Å². The number of methoxy groups -OCH3 is 1. The molecule has 1 aromatic rings. The van der Waals surface area contributed by atoms with Crippen LogP contribution in [0.1, 0.15) is 12.8 Å². The Morgan fingerprint density at radius 2 is 2.29 bits per heavy atom. The van der Waals surface area contributed by atoms with E-state index in [9.17, 15) is 9.59 Å². The molecule has 0 aliphatic carbocycles. The lowest BCUT2D eigenvalue weighted by atomic mass is 10.2. The van der Waals surface area contributed by atoms with Crippen molar-refractivity contribution in [3.05, 3.63) is 23.2 Å². The van der Waals surface area contributed by atoms with Crippen LogP contribution in [0.4, 0.5) is 5.69 Å². The molecule has 0 unspecified atom stereocenters. The number of esters is 1. The zero-order chi connectivity index (χ0) is 15.2. The summed E-state index contributed by atoms with van der Waals surface area (Å²) in [5, 5.41) is 3.04. The topological polar surface area (TPSA) is 73.9 Å². The van der Waals surface area contributed by atoms with Gasteiger partial charge in [-0.25, -0.2) is 4.79 Å². The fourth-order valence-corrected chi connectivity index (χ4v) is 2.13. The molecule has 0 bridgehead atoms.